The van der Waals surface area contributed by atoms with Crippen molar-refractivity contribution >= 4 is 57.6 Å². The Kier molecular flexibility index (Phi) is 8.03. The Hall–Kier alpha value is -4.27. The molecule has 12 nitrogen and oxygen atoms in total. The van der Waals surface area contributed by atoms with E-state index in [1.165, 1.54) is 52.6 Å². The van der Waals surface area contributed by atoms with Crippen molar-refractivity contribution in [3.05, 3.63) is 62.1 Å². The molecule has 3 aromatic heterocycles. The van der Waals surface area contributed by atoms with Crippen LogP contribution in [-0.4, -0.2) is 68.5 Å². The number of pyridine rings is 1. The smallest absolute Gasteiger partial charge is 0.263 e. The first kappa shape index (κ1) is 30.2. The lowest BCUT2D eigenvalue weighted by molar-refractivity contribution is -0.116. The molecule has 16 heteroatoms. The van der Waals surface area contributed by atoms with E-state index in [1.807, 2.05) is 0 Å². The van der Waals surface area contributed by atoms with Crippen molar-refractivity contribution in [3.8, 4) is 16.9 Å². The van der Waals surface area contributed by atoms with Gasteiger partial charge in [0.1, 0.15) is 46.9 Å². The SMILES string of the molecule is CO[C@@H]1CN(c2cc(NC(=O)Cn3cc(-c4cc(Cl)c(O)c(C(N)=O)c4)c4c(=O)n(C)c(C)nc43)c(Cl)c(F)n2)C[C@@H]1F. The maximum Gasteiger partial charge on any atom is 0.263 e. The monoisotopic (exact) mass is 635 g/mol. The number of halogens is 4. The zero-order valence-electron chi connectivity index (χ0n) is 23.0. The second-order valence-corrected chi connectivity index (χ2v) is 10.8. The number of primary amides is 1. The van der Waals surface area contributed by atoms with E-state index in [1.54, 1.807) is 6.92 Å². The molecule has 4 heterocycles. The summed E-state index contributed by atoms with van der Waals surface area (Å²) in [5, 5.41) is 12.2. The number of rotatable bonds is 7. The number of aromatic nitrogens is 4. The molecule has 0 spiro atoms. The summed E-state index contributed by atoms with van der Waals surface area (Å²) in [5.74, 6) is -2.78. The van der Waals surface area contributed by atoms with Crippen molar-refractivity contribution < 1.29 is 28.2 Å². The third kappa shape index (κ3) is 5.48. The van der Waals surface area contributed by atoms with Gasteiger partial charge in [-0.05, 0) is 24.6 Å². The van der Waals surface area contributed by atoms with Crippen molar-refractivity contribution in [2.75, 3.05) is 30.4 Å². The highest BCUT2D eigenvalue weighted by Gasteiger charge is 2.34. The van der Waals surface area contributed by atoms with E-state index >= 15 is 0 Å². The number of aromatic hydroxyl groups is 1. The summed E-state index contributed by atoms with van der Waals surface area (Å²) in [6.07, 6.45) is -0.575. The number of fused-ring (bicyclic) bond motifs is 1. The minimum atomic E-state index is -1.31. The highest BCUT2D eigenvalue weighted by molar-refractivity contribution is 6.34. The van der Waals surface area contributed by atoms with Crippen molar-refractivity contribution in [2.45, 2.75) is 25.7 Å². The Morgan fingerprint density at radius 2 is 1.95 bits per heavy atom. The Morgan fingerprint density at radius 1 is 1.23 bits per heavy atom. The van der Waals surface area contributed by atoms with Gasteiger partial charge in [-0.2, -0.15) is 4.39 Å². The lowest BCUT2D eigenvalue weighted by Crippen LogP contribution is -2.25. The van der Waals surface area contributed by atoms with Crippen LogP contribution in [0.1, 0.15) is 16.2 Å². The van der Waals surface area contributed by atoms with E-state index in [-0.39, 0.29) is 57.3 Å². The number of methoxy groups -OCH3 is 1. The van der Waals surface area contributed by atoms with Crippen molar-refractivity contribution in [1.29, 1.82) is 0 Å². The van der Waals surface area contributed by atoms with E-state index in [4.69, 9.17) is 33.7 Å². The zero-order valence-corrected chi connectivity index (χ0v) is 24.5. The van der Waals surface area contributed by atoms with Gasteiger partial charge in [0.25, 0.3) is 11.5 Å². The van der Waals surface area contributed by atoms with E-state index in [0.717, 1.165) is 0 Å². The zero-order chi connectivity index (χ0) is 31.3. The molecule has 1 aliphatic rings. The molecule has 43 heavy (non-hydrogen) atoms. The number of hydrogen-bond acceptors (Lipinski definition) is 8. The highest BCUT2D eigenvalue weighted by Crippen LogP contribution is 2.36. The maximum absolute atomic E-state index is 14.7. The molecule has 1 fully saturated rings. The number of phenols is 1. The van der Waals surface area contributed by atoms with Crippen LogP contribution < -0.4 is 21.5 Å². The molecular formula is C27H25Cl2F2N7O5. The number of aryl methyl sites for hydroxylation is 1. The summed E-state index contributed by atoms with van der Waals surface area (Å²) in [6.45, 7) is 1.24. The number of nitrogens with one attached hydrogen (secondary N) is 1. The fourth-order valence-corrected chi connectivity index (χ4v) is 5.29. The van der Waals surface area contributed by atoms with E-state index in [9.17, 15) is 28.3 Å². The molecule has 0 unspecified atom stereocenters. The van der Waals surface area contributed by atoms with Crippen LogP contribution in [0.4, 0.5) is 20.3 Å². The van der Waals surface area contributed by atoms with Crippen molar-refractivity contribution in [1.82, 2.24) is 19.1 Å². The maximum atomic E-state index is 14.7. The number of ether oxygens (including phenoxy) is 1. The van der Waals surface area contributed by atoms with Gasteiger partial charge in [-0.15, -0.1) is 0 Å². The molecule has 5 rings (SSSR count). The summed E-state index contributed by atoms with van der Waals surface area (Å²) in [6, 6.07) is 3.95. The second kappa shape index (κ2) is 11.4. The normalized spacial score (nSPS) is 16.7. The summed E-state index contributed by atoms with van der Waals surface area (Å²) >= 11 is 12.3. The van der Waals surface area contributed by atoms with Crippen LogP contribution in [0.15, 0.2) is 29.2 Å². The molecule has 1 saturated heterocycles. The number of carbonyl (C=O) groups is 2. The van der Waals surface area contributed by atoms with Gasteiger partial charge < -0.3 is 30.4 Å². The van der Waals surface area contributed by atoms with Gasteiger partial charge in [0, 0.05) is 38.5 Å². The predicted octanol–water partition coefficient (Wildman–Crippen LogP) is 3.17. The molecule has 4 N–H and O–H groups in total. The number of carbonyl (C=O) groups excluding carboxylic acids is 2. The molecule has 2 atom stereocenters. The van der Waals surface area contributed by atoms with Gasteiger partial charge in [0.2, 0.25) is 11.9 Å². The number of nitrogens with zero attached hydrogens (tertiary/aromatic N) is 5. The third-order valence-corrected chi connectivity index (χ3v) is 7.93. The Labute approximate surface area is 252 Å². The fourth-order valence-electron chi connectivity index (χ4n) is 4.93. The number of alkyl halides is 1. The van der Waals surface area contributed by atoms with Crippen LogP contribution in [0.25, 0.3) is 22.2 Å². The summed E-state index contributed by atoms with van der Waals surface area (Å²) in [5.41, 5.74) is 5.24. The first-order valence-electron chi connectivity index (χ1n) is 12.8. The Bertz CT molecular complexity index is 1860. The van der Waals surface area contributed by atoms with Gasteiger partial charge in [-0.3, -0.25) is 19.0 Å². The average molecular weight is 636 g/mol. The molecule has 1 aromatic carbocycles. The van der Waals surface area contributed by atoms with Gasteiger partial charge in [-0.1, -0.05) is 23.2 Å². The van der Waals surface area contributed by atoms with Crippen LogP contribution >= 0.6 is 23.2 Å². The number of nitrogens with two attached hydrogens (primary N) is 1. The summed E-state index contributed by atoms with van der Waals surface area (Å²) in [4.78, 5) is 48.3. The number of benzene rings is 1. The third-order valence-electron chi connectivity index (χ3n) is 7.28. The van der Waals surface area contributed by atoms with E-state index in [2.05, 4.69) is 15.3 Å². The van der Waals surface area contributed by atoms with Crippen LogP contribution in [0, 0.1) is 12.9 Å². The van der Waals surface area contributed by atoms with Gasteiger partial charge >= 0.3 is 0 Å². The molecule has 226 valence electrons. The molecule has 0 radical (unpaired) electrons. The molecule has 2 amide bonds. The second-order valence-electron chi connectivity index (χ2n) is 9.99. The number of anilines is 2. The lowest BCUT2D eigenvalue weighted by Gasteiger charge is -2.18. The first-order chi connectivity index (χ1) is 20.3. The van der Waals surface area contributed by atoms with Crippen molar-refractivity contribution in [3.63, 3.8) is 0 Å². The standard InChI is InChI=1S/C27H25Cl2F2N7O5/c1-11-33-26-21(27(42)36(11)2)14(12-4-13(25(32)41)23(40)15(28)5-12)7-38(26)10-20(39)34-17-6-19(35-24(31)22(17)29)37-8-16(30)18(9-37)43-3/h4-7,16,18,40H,8-10H2,1-3H3,(H2,32,41)(H,34,35,39)/t16-,18+/m0/s1. The average Bonchev–Trinajstić information content (AvgIpc) is 3.51. The molecule has 1 aliphatic heterocycles. The molecule has 0 aliphatic carbocycles. The number of hydrogen-bond donors (Lipinski definition) is 3. The molecular weight excluding hydrogens is 611 g/mol. The quantitative estimate of drug-likeness (QED) is 0.261. The molecule has 0 saturated carbocycles. The van der Waals surface area contributed by atoms with E-state index < -0.39 is 52.9 Å². The fraction of sp³-hybridized carbons (Fsp3) is 0.296. The molecule has 0 bridgehead atoms. The van der Waals surface area contributed by atoms with Crippen LogP contribution in [0.2, 0.25) is 10.0 Å². The first-order valence-corrected chi connectivity index (χ1v) is 13.5. The predicted molar refractivity (Wildman–Crippen MR) is 156 cm³/mol. The minimum absolute atomic E-state index is 0.0587. The van der Waals surface area contributed by atoms with Crippen molar-refractivity contribution in [2.24, 2.45) is 12.8 Å². The van der Waals surface area contributed by atoms with Crippen LogP contribution in [0.3, 0.4) is 0 Å². The topological polar surface area (TPSA) is 158 Å². The van der Waals surface area contributed by atoms with E-state index in [0.29, 0.717) is 5.82 Å². The largest absolute Gasteiger partial charge is 0.506 e. The van der Waals surface area contributed by atoms with Crippen LogP contribution in [-0.2, 0) is 23.1 Å². The minimum Gasteiger partial charge on any atom is -0.506 e. The Balaban J connectivity index is 1.53. The van der Waals surface area contributed by atoms with Crippen LogP contribution in [0.5, 0.6) is 5.75 Å². The number of amides is 2. The van der Waals surface area contributed by atoms with Gasteiger partial charge in [-0.25, -0.2) is 14.4 Å². The summed E-state index contributed by atoms with van der Waals surface area (Å²) in [7, 11) is 2.90. The summed E-state index contributed by atoms with van der Waals surface area (Å²) < 4.78 is 36.7. The Morgan fingerprint density at radius 3 is 2.60 bits per heavy atom. The van der Waals surface area contributed by atoms with Gasteiger partial charge in [0.05, 0.1) is 28.2 Å². The van der Waals surface area contributed by atoms with Gasteiger partial charge in [0.15, 0.2) is 0 Å². The highest BCUT2D eigenvalue weighted by atomic mass is 35.5. The molecule has 4 aromatic rings. The lowest BCUT2D eigenvalue weighted by atomic mass is 10.0.